The number of Topliss-reactive ketones (excluding diaryl/α,β-unsaturated/α-hetero) is 1. The standard InChI is InChI=1S/C17H14BrNO3/c1-10-6-7-14-12(8-10)17(22,16(21)19-14)9-15(20)11-4-2-3-5-13(11)18/h2-8,22H,9H2,1H3,(H,19,21)/t17-/m1/s1. The molecule has 2 aromatic rings. The molecule has 2 aromatic carbocycles. The fourth-order valence-corrected chi connectivity index (χ4v) is 3.15. The highest BCUT2D eigenvalue weighted by molar-refractivity contribution is 9.10. The average molecular weight is 360 g/mol. The molecule has 5 heteroatoms. The van der Waals surface area contributed by atoms with E-state index in [9.17, 15) is 14.7 Å². The summed E-state index contributed by atoms with van der Waals surface area (Å²) in [5.74, 6) is -0.854. The first-order chi connectivity index (χ1) is 10.4. The van der Waals surface area contributed by atoms with E-state index in [2.05, 4.69) is 21.2 Å². The molecule has 1 aliphatic rings. The van der Waals surface area contributed by atoms with Gasteiger partial charge in [0, 0.05) is 21.3 Å². The molecule has 4 nitrogen and oxygen atoms in total. The minimum atomic E-state index is -1.83. The second kappa shape index (κ2) is 5.34. The number of rotatable bonds is 3. The van der Waals surface area contributed by atoms with Crippen LogP contribution in [0, 0.1) is 6.92 Å². The number of benzene rings is 2. The van der Waals surface area contributed by atoms with Gasteiger partial charge in [-0.2, -0.15) is 0 Å². The van der Waals surface area contributed by atoms with Crippen molar-refractivity contribution in [3.05, 3.63) is 63.6 Å². The lowest BCUT2D eigenvalue weighted by Gasteiger charge is -2.20. The Balaban J connectivity index is 1.98. The molecule has 0 unspecified atom stereocenters. The molecule has 0 saturated heterocycles. The normalized spacial score (nSPS) is 19.7. The van der Waals surface area contributed by atoms with E-state index in [1.807, 2.05) is 13.0 Å². The summed E-state index contributed by atoms with van der Waals surface area (Å²) in [6.45, 7) is 1.87. The minimum absolute atomic E-state index is 0.292. The first-order valence-electron chi connectivity index (χ1n) is 6.84. The van der Waals surface area contributed by atoms with E-state index < -0.39 is 11.5 Å². The van der Waals surface area contributed by atoms with Crippen LogP contribution in [0.25, 0.3) is 0 Å². The van der Waals surface area contributed by atoms with Gasteiger partial charge in [-0.25, -0.2) is 0 Å². The quantitative estimate of drug-likeness (QED) is 0.827. The maximum absolute atomic E-state index is 12.5. The summed E-state index contributed by atoms with van der Waals surface area (Å²) in [7, 11) is 0. The van der Waals surface area contributed by atoms with Crippen molar-refractivity contribution in [1.29, 1.82) is 0 Å². The van der Waals surface area contributed by atoms with Gasteiger partial charge in [0.05, 0.1) is 6.42 Å². The van der Waals surface area contributed by atoms with Crippen LogP contribution in [-0.4, -0.2) is 16.8 Å². The van der Waals surface area contributed by atoms with Gasteiger partial charge in [0.2, 0.25) is 0 Å². The van der Waals surface area contributed by atoms with Gasteiger partial charge in [0.15, 0.2) is 11.4 Å². The lowest BCUT2D eigenvalue weighted by molar-refractivity contribution is -0.133. The highest BCUT2D eigenvalue weighted by Crippen LogP contribution is 2.39. The Morgan fingerprint density at radius 3 is 2.73 bits per heavy atom. The lowest BCUT2D eigenvalue weighted by Crippen LogP contribution is -2.36. The van der Waals surface area contributed by atoms with Crippen molar-refractivity contribution in [2.24, 2.45) is 0 Å². The van der Waals surface area contributed by atoms with E-state index in [4.69, 9.17) is 0 Å². The van der Waals surface area contributed by atoms with Gasteiger partial charge in [-0.05, 0) is 19.1 Å². The van der Waals surface area contributed by atoms with Crippen LogP contribution < -0.4 is 5.32 Å². The summed E-state index contributed by atoms with van der Waals surface area (Å²) in [5.41, 5.74) is 0.552. The van der Waals surface area contributed by atoms with Crippen LogP contribution in [0.1, 0.15) is 27.9 Å². The van der Waals surface area contributed by atoms with Gasteiger partial charge in [-0.15, -0.1) is 0 Å². The number of ketones is 1. The predicted octanol–water partition coefficient (Wildman–Crippen LogP) is 3.17. The van der Waals surface area contributed by atoms with Crippen LogP contribution in [0.15, 0.2) is 46.9 Å². The number of hydrogen-bond donors (Lipinski definition) is 2. The Labute approximate surface area is 136 Å². The van der Waals surface area contributed by atoms with Crippen molar-refractivity contribution in [3.8, 4) is 0 Å². The first-order valence-corrected chi connectivity index (χ1v) is 7.64. The summed E-state index contributed by atoms with van der Waals surface area (Å²) in [4.78, 5) is 24.7. The summed E-state index contributed by atoms with van der Waals surface area (Å²) >= 11 is 3.32. The second-order valence-corrected chi connectivity index (χ2v) is 6.30. The number of aryl methyl sites for hydroxylation is 1. The molecule has 3 rings (SSSR count). The van der Waals surface area contributed by atoms with Crippen LogP contribution in [-0.2, 0) is 10.4 Å². The maximum Gasteiger partial charge on any atom is 0.261 e. The summed E-state index contributed by atoms with van der Waals surface area (Å²) in [6.07, 6.45) is -0.294. The number of amides is 1. The Kier molecular flexibility index (Phi) is 3.62. The van der Waals surface area contributed by atoms with Crippen molar-refractivity contribution in [2.75, 3.05) is 5.32 Å². The van der Waals surface area contributed by atoms with E-state index >= 15 is 0 Å². The number of fused-ring (bicyclic) bond motifs is 1. The zero-order chi connectivity index (χ0) is 15.9. The summed E-state index contributed by atoms with van der Waals surface area (Å²) < 4.78 is 0.645. The van der Waals surface area contributed by atoms with Gasteiger partial charge < -0.3 is 10.4 Å². The zero-order valence-corrected chi connectivity index (χ0v) is 13.5. The van der Waals surface area contributed by atoms with Crippen molar-refractivity contribution >= 4 is 33.3 Å². The van der Waals surface area contributed by atoms with E-state index in [0.717, 1.165) is 5.56 Å². The predicted molar refractivity (Wildman–Crippen MR) is 86.8 cm³/mol. The van der Waals surface area contributed by atoms with Crippen molar-refractivity contribution in [2.45, 2.75) is 18.9 Å². The molecule has 0 radical (unpaired) electrons. The highest BCUT2D eigenvalue weighted by atomic mass is 79.9. The monoisotopic (exact) mass is 359 g/mol. The molecule has 1 heterocycles. The van der Waals surface area contributed by atoms with E-state index in [0.29, 0.717) is 21.3 Å². The molecule has 1 amide bonds. The second-order valence-electron chi connectivity index (χ2n) is 5.44. The fourth-order valence-electron chi connectivity index (χ4n) is 2.65. The number of carbonyl (C=O) groups excluding carboxylic acids is 2. The molecule has 2 N–H and O–H groups in total. The number of hydrogen-bond acceptors (Lipinski definition) is 3. The number of anilines is 1. The topological polar surface area (TPSA) is 66.4 Å². The molecule has 0 fully saturated rings. The number of carbonyl (C=O) groups is 2. The van der Waals surface area contributed by atoms with Crippen LogP contribution in [0.5, 0.6) is 0 Å². The summed E-state index contributed by atoms with van der Waals surface area (Å²) in [6, 6.07) is 12.3. The summed E-state index contributed by atoms with van der Waals surface area (Å²) in [5, 5.41) is 13.4. The van der Waals surface area contributed by atoms with Gasteiger partial charge in [0.1, 0.15) is 0 Å². The SMILES string of the molecule is Cc1ccc2c(c1)[C@](O)(CC(=O)c1ccccc1Br)C(=O)N2. The Morgan fingerprint density at radius 2 is 2.00 bits per heavy atom. The fraction of sp³-hybridized carbons (Fsp3) is 0.176. The van der Waals surface area contributed by atoms with E-state index in [1.54, 1.807) is 36.4 Å². The molecule has 0 bridgehead atoms. The molecule has 1 aliphatic heterocycles. The third-order valence-electron chi connectivity index (χ3n) is 3.84. The third-order valence-corrected chi connectivity index (χ3v) is 4.53. The van der Waals surface area contributed by atoms with Crippen LogP contribution in [0.4, 0.5) is 5.69 Å². The van der Waals surface area contributed by atoms with Crippen LogP contribution in [0.2, 0.25) is 0 Å². The van der Waals surface area contributed by atoms with E-state index in [1.165, 1.54) is 0 Å². The van der Waals surface area contributed by atoms with Crippen molar-refractivity contribution in [1.82, 2.24) is 0 Å². The molecule has 0 spiro atoms. The molecular formula is C17H14BrNO3. The average Bonchev–Trinajstić information content (AvgIpc) is 2.71. The molecule has 0 aromatic heterocycles. The molecule has 112 valence electrons. The third kappa shape index (κ3) is 2.36. The lowest BCUT2D eigenvalue weighted by atomic mass is 9.87. The van der Waals surface area contributed by atoms with Crippen LogP contribution >= 0.6 is 15.9 Å². The molecular weight excluding hydrogens is 346 g/mol. The zero-order valence-electron chi connectivity index (χ0n) is 11.9. The van der Waals surface area contributed by atoms with Gasteiger partial charge in [-0.3, -0.25) is 9.59 Å². The molecule has 0 saturated carbocycles. The Morgan fingerprint density at radius 1 is 1.27 bits per heavy atom. The highest BCUT2D eigenvalue weighted by Gasteiger charge is 2.46. The Hall–Kier alpha value is -1.98. The number of halogens is 1. The maximum atomic E-state index is 12.5. The first kappa shape index (κ1) is 14.9. The number of aliphatic hydroxyl groups is 1. The largest absolute Gasteiger partial charge is 0.375 e. The molecule has 22 heavy (non-hydrogen) atoms. The molecule has 1 atom stereocenters. The Bertz CT molecular complexity index is 787. The van der Waals surface area contributed by atoms with E-state index in [-0.39, 0.29) is 12.2 Å². The van der Waals surface area contributed by atoms with Gasteiger partial charge in [-0.1, -0.05) is 51.8 Å². The van der Waals surface area contributed by atoms with Gasteiger partial charge in [0.25, 0.3) is 5.91 Å². The number of nitrogens with one attached hydrogen (secondary N) is 1. The molecule has 0 aliphatic carbocycles. The van der Waals surface area contributed by atoms with Crippen molar-refractivity contribution < 1.29 is 14.7 Å². The van der Waals surface area contributed by atoms with Crippen LogP contribution in [0.3, 0.4) is 0 Å². The van der Waals surface area contributed by atoms with Crippen molar-refractivity contribution in [3.63, 3.8) is 0 Å². The minimum Gasteiger partial charge on any atom is -0.375 e. The smallest absolute Gasteiger partial charge is 0.261 e. The van der Waals surface area contributed by atoms with Gasteiger partial charge >= 0.3 is 0 Å².